The van der Waals surface area contributed by atoms with Gasteiger partial charge < -0.3 is 15.5 Å². The molecule has 0 saturated carbocycles. The summed E-state index contributed by atoms with van der Waals surface area (Å²) >= 11 is 0. The highest BCUT2D eigenvalue weighted by molar-refractivity contribution is 5.83. The molecule has 0 bridgehead atoms. The summed E-state index contributed by atoms with van der Waals surface area (Å²) in [6, 6.07) is 8.37. The van der Waals surface area contributed by atoms with Gasteiger partial charge in [0.1, 0.15) is 0 Å². The van der Waals surface area contributed by atoms with Crippen molar-refractivity contribution in [1.82, 2.24) is 9.88 Å². The van der Waals surface area contributed by atoms with E-state index >= 15 is 0 Å². The summed E-state index contributed by atoms with van der Waals surface area (Å²) in [6.45, 7) is 5.49. The molecule has 0 amide bonds. The van der Waals surface area contributed by atoms with Crippen molar-refractivity contribution in [2.24, 2.45) is 5.73 Å². The Balaban J connectivity index is 1.83. The second kappa shape index (κ2) is 4.96. The number of hydrogen-bond acceptors (Lipinski definition) is 3. The van der Waals surface area contributed by atoms with E-state index in [-0.39, 0.29) is 5.66 Å². The SMILES string of the molecule is CC(N)(Cc1c[nH]c2ccccc12)N1CCOCC1. The van der Waals surface area contributed by atoms with E-state index in [4.69, 9.17) is 10.5 Å². The zero-order valence-corrected chi connectivity index (χ0v) is 11.4. The summed E-state index contributed by atoms with van der Waals surface area (Å²) in [5, 5.41) is 1.27. The van der Waals surface area contributed by atoms with E-state index in [2.05, 4.69) is 41.2 Å². The molecule has 1 unspecified atom stereocenters. The minimum Gasteiger partial charge on any atom is -0.379 e. The van der Waals surface area contributed by atoms with E-state index < -0.39 is 0 Å². The molecular formula is C15H21N3O. The number of nitrogens with one attached hydrogen (secondary N) is 1. The van der Waals surface area contributed by atoms with Crippen molar-refractivity contribution >= 4 is 10.9 Å². The van der Waals surface area contributed by atoms with Gasteiger partial charge in [-0.05, 0) is 18.6 Å². The maximum Gasteiger partial charge on any atom is 0.0701 e. The molecule has 1 fully saturated rings. The number of para-hydroxylation sites is 1. The van der Waals surface area contributed by atoms with Crippen LogP contribution in [0.5, 0.6) is 0 Å². The average molecular weight is 259 g/mol. The minimum absolute atomic E-state index is 0.325. The fraction of sp³-hybridized carbons (Fsp3) is 0.467. The van der Waals surface area contributed by atoms with Crippen molar-refractivity contribution in [1.29, 1.82) is 0 Å². The number of aromatic amines is 1. The van der Waals surface area contributed by atoms with E-state index in [0.717, 1.165) is 32.7 Å². The van der Waals surface area contributed by atoms with Gasteiger partial charge in [0.05, 0.1) is 18.9 Å². The van der Waals surface area contributed by atoms with E-state index in [1.54, 1.807) is 0 Å². The highest BCUT2D eigenvalue weighted by atomic mass is 16.5. The molecule has 3 N–H and O–H groups in total. The molecule has 4 heteroatoms. The maximum absolute atomic E-state index is 6.53. The Bertz CT molecular complexity index is 555. The van der Waals surface area contributed by atoms with Gasteiger partial charge in [0.25, 0.3) is 0 Å². The van der Waals surface area contributed by atoms with E-state index in [1.807, 2.05) is 6.07 Å². The van der Waals surface area contributed by atoms with Crippen molar-refractivity contribution < 1.29 is 4.74 Å². The predicted octanol–water partition coefficient (Wildman–Crippen LogP) is 1.72. The first-order chi connectivity index (χ1) is 9.17. The molecular weight excluding hydrogens is 238 g/mol. The van der Waals surface area contributed by atoms with Crippen LogP contribution < -0.4 is 5.73 Å². The second-order valence-corrected chi connectivity index (χ2v) is 5.49. The third kappa shape index (κ3) is 2.52. The number of morpholine rings is 1. The summed E-state index contributed by atoms with van der Waals surface area (Å²) in [7, 11) is 0. The van der Waals surface area contributed by atoms with Crippen molar-refractivity contribution in [3.05, 3.63) is 36.0 Å². The van der Waals surface area contributed by atoms with E-state index in [9.17, 15) is 0 Å². The van der Waals surface area contributed by atoms with Crippen LogP contribution in [0.2, 0.25) is 0 Å². The molecule has 4 nitrogen and oxygen atoms in total. The van der Waals surface area contributed by atoms with Gasteiger partial charge in [-0.2, -0.15) is 0 Å². The number of nitrogens with zero attached hydrogens (tertiary/aromatic N) is 1. The lowest BCUT2D eigenvalue weighted by Gasteiger charge is -2.40. The number of benzene rings is 1. The lowest BCUT2D eigenvalue weighted by molar-refractivity contribution is -0.0141. The van der Waals surface area contributed by atoms with Gasteiger partial charge in [0, 0.05) is 36.6 Å². The molecule has 3 rings (SSSR count). The Kier molecular flexibility index (Phi) is 3.31. The zero-order chi connectivity index (χ0) is 13.3. The fourth-order valence-electron chi connectivity index (χ4n) is 2.85. The molecule has 1 aliphatic heterocycles. The van der Waals surface area contributed by atoms with Gasteiger partial charge in [-0.3, -0.25) is 4.90 Å². The molecule has 2 heterocycles. The van der Waals surface area contributed by atoms with Crippen LogP contribution in [0.4, 0.5) is 0 Å². The average Bonchev–Trinajstić information content (AvgIpc) is 2.83. The molecule has 19 heavy (non-hydrogen) atoms. The number of fused-ring (bicyclic) bond motifs is 1. The van der Waals surface area contributed by atoms with Crippen molar-refractivity contribution in [2.45, 2.75) is 19.0 Å². The smallest absolute Gasteiger partial charge is 0.0701 e. The van der Waals surface area contributed by atoms with Crippen LogP contribution in [0, 0.1) is 0 Å². The number of rotatable bonds is 3. The van der Waals surface area contributed by atoms with Crippen LogP contribution in [-0.4, -0.2) is 41.9 Å². The molecule has 1 aromatic heterocycles. The van der Waals surface area contributed by atoms with Crippen molar-refractivity contribution in [3.8, 4) is 0 Å². The first kappa shape index (κ1) is 12.7. The van der Waals surface area contributed by atoms with E-state index in [0.29, 0.717) is 0 Å². The Morgan fingerprint density at radius 2 is 2.05 bits per heavy atom. The monoisotopic (exact) mass is 259 g/mol. The molecule has 0 radical (unpaired) electrons. The molecule has 0 aliphatic carbocycles. The molecule has 1 atom stereocenters. The van der Waals surface area contributed by atoms with Crippen LogP contribution in [-0.2, 0) is 11.2 Å². The molecule has 102 valence electrons. The third-order valence-electron chi connectivity index (χ3n) is 3.96. The van der Waals surface area contributed by atoms with Crippen LogP contribution in [0.25, 0.3) is 10.9 Å². The van der Waals surface area contributed by atoms with Crippen molar-refractivity contribution in [2.75, 3.05) is 26.3 Å². The Hall–Kier alpha value is -1.36. The summed E-state index contributed by atoms with van der Waals surface area (Å²) in [6.07, 6.45) is 2.92. The summed E-state index contributed by atoms with van der Waals surface area (Å²) in [5.41, 5.74) is 8.67. The third-order valence-corrected chi connectivity index (χ3v) is 3.96. The van der Waals surface area contributed by atoms with Gasteiger partial charge in [-0.1, -0.05) is 18.2 Å². The van der Waals surface area contributed by atoms with Crippen LogP contribution in [0.15, 0.2) is 30.5 Å². The Morgan fingerprint density at radius 1 is 1.32 bits per heavy atom. The van der Waals surface area contributed by atoms with Gasteiger partial charge in [-0.15, -0.1) is 0 Å². The van der Waals surface area contributed by atoms with E-state index in [1.165, 1.54) is 16.5 Å². The molecule has 1 saturated heterocycles. The molecule has 1 aromatic carbocycles. The number of aromatic nitrogens is 1. The lowest BCUT2D eigenvalue weighted by atomic mass is 9.99. The minimum atomic E-state index is -0.325. The molecule has 2 aromatic rings. The largest absolute Gasteiger partial charge is 0.379 e. The topological polar surface area (TPSA) is 54.3 Å². The second-order valence-electron chi connectivity index (χ2n) is 5.49. The van der Waals surface area contributed by atoms with Crippen LogP contribution in [0.3, 0.4) is 0 Å². The molecule has 1 aliphatic rings. The molecule has 0 spiro atoms. The first-order valence-corrected chi connectivity index (χ1v) is 6.83. The lowest BCUT2D eigenvalue weighted by Crippen LogP contribution is -2.58. The maximum atomic E-state index is 6.53. The highest BCUT2D eigenvalue weighted by Crippen LogP contribution is 2.23. The Morgan fingerprint density at radius 3 is 2.84 bits per heavy atom. The zero-order valence-electron chi connectivity index (χ0n) is 11.4. The predicted molar refractivity (Wildman–Crippen MR) is 77.0 cm³/mol. The quantitative estimate of drug-likeness (QED) is 0.882. The fourth-order valence-corrected chi connectivity index (χ4v) is 2.85. The van der Waals surface area contributed by atoms with Crippen molar-refractivity contribution in [3.63, 3.8) is 0 Å². The highest BCUT2D eigenvalue weighted by Gasteiger charge is 2.29. The number of ether oxygens (including phenoxy) is 1. The van der Waals surface area contributed by atoms with Gasteiger partial charge in [-0.25, -0.2) is 0 Å². The van der Waals surface area contributed by atoms with Gasteiger partial charge >= 0.3 is 0 Å². The number of nitrogens with two attached hydrogens (primary N) is 1. The Labute approximate surface area is 113 Å². The van der Waals surface area contributed by atoms with Gasteiger partial charge in [0.2, 0.25) is 0 Å². The number of H-pyrrole nitrogens is 1. The van der Waals surface area contributed by atoms with Crippen LogP contribution >= 0.6 is 0 Å². The number of hydrogen-bond donors (Lipinski definition) is 2. The standard InChI is InChI=1S/C15H21N3O/c1-15(16,18-6-8-19-9-7-18)10-12-11-17-14-5-3-2-4-13(12)14/h2-5,11,17H,6-10,16H2,1H3. The van der Waals surface area contributed by atoms with Crippen LogP contribution in [0.1, 0.15) is 12.5 Å². The normalized spacial score (nSPS) is 20.5. The first-order valence-electron chi connectivity index (χ1n) is 6.83. The summed E-state index contributed by atoms with van der Waals surface area (Å²) in [4.78, 5) is 5.63. The summed E-state index contributed by atoms with van der Waals surface area (Å²) in [5.74, 6) is 0. The van der Waals surface area contributed by atoms with Gasteiger partial charge in [0.15, 0.2) is 0 Å². The summed E-state index contributed by atoms with van der Waals surface area (Å²) < 4.78 is 5.40.